The molecular weight excluding hydrogens is 268 g/mol. The van der Waals surface area contributed by atoms with Crippen molar-refractivity contribution in [1.29, 1.82) is 0 Å². The van der Waals surface area contributed by atoms with E-state index in [1.54, 1.807) is 11.8 Å². The summed E-state index contributed by atoms with van der Waals surface area (Å²) in [5.41, 5.74) is 0.604. The van der Waals surface area contributed by atoms with Crippen molar-refractivity contribution >= 4 is 22.8 Å². The van der Waals surface area contributed by atoms with E-state index >= 15 is 0 Å². The van der Waals surface area contributed by atoms with Gasteiger partial charge in [0.1, 0.15) is 0 Å². The van der Waals surface area contributed by atoms with E-state index in [0.29, 0.717) is 10.3 Å². The number of benzene rings is 1. The average molecular weight is 288 g/mol. The van der Waals surface area contributed by atoms with Gasteiger partial charge in [-0.15, -0.1) is 0 Å². The molecule has 1 aromatic carbocycles. The summed E-state index contributed by atoms with van der Waals surface area (Å²) in [4.78, 5) is 16.9. The SMILES string of the molecule is CC1(C)CC2(CCC2)SC(NC(=O)c2ccccc2)=N1. The quantitative estimate of drug-likeness (QED) is 0.857. The Morgan fingerprint density at radius 2 is 1.95 bits per heavy atom. The fourth-order valence-electron chi connectivity index (χ4n) is 3.03. The Morgan fingerprint density at radius 1 is 1.25 bits per heavy atom. The number of aliphatic imine (C=N–C) groups is 1. The van der Waals surface area contributed by atoms with Gasteiger partial charge in [0.05, 0.1) is 5.54 Å². The maximum atomic E-state index is 12.2. The predicted octanol–water partition coefficient (Wildman–Crippen LogP) is 3.61. The van der Waals surface area contributed by atoms with Crippen LogP contribution in [0.2, 0.25) is 0 Å². The summed E-state index contributed by atoms with van der Waals surface area (Å²) >= 11 is 1.76. The van der Waals surface area contributed by atoms with E-state index in [0.717, 1.165) is 11.6 Å². The molecule has 0 aromatic heterocycles. The lowest BCUT2D eigenvalue weighted by molar-refractivity contribution is 0.0977. The number of hydrogen-bond acceptors (Lipinski definition) is 3. The third-order valence-electron chi connectivity index (χ3n) is 3.99. The van der Waals surface area contributed by atoms with Crippen molar-refractivity contribution in [2.24, 2.45) is 4.99 Å². The molecule has 1 aromatic rings. The Labute approximate surface area is 124 Å². The number of carbonyl (C=O) groups excluding carboxylic acids is 1. The van der Waals surface area contributed by atoms with Gasteiger partial charge in [0.15, 0.2) is 5.17 Å². The van der Waals surface area contributed by atoms with Gasteiger partial charge < -0.3 is 5.32 Å². The van der Waals surface area contributed by atoms with Crippen LogP contribution in [0.3, 0.4) is 0 Å². The molecule has 0 bridgehead atoms. The van der Waals surface area contributed by atoms with E-state index in [2.05, 4.69) is 19.2 Å². The molecule has 0 unspecified atom stereocenters. The smallest absolute Gasteiger partial charge is 0.257 e. The van der Waals surface area contributed by atoms with Gasteiger partial charge >= 0.3 is 0 Å². The largest absolute Gasteiger partial charge is 0.301 e. The highest BCUT2D eigenvalue weighted by atomic mass is 32.2. The predicted molar refractivity (Wildman–Crippen MR) is 84.2 cm³/mol. The number of rotatable bonds is 1. The van der Waals surface area contributed by atoms with Gasteiger partial charge in [0.25, 0.3) is 5.91 Å². The third kappa shape index (κ3) is 2.75. The molecule has 1 saturated carbocycles. The molecule has 1 fully saturated rings. The van der Waals surface area contributed by atoms with Crippen molar-refractivity contribution in [3.05, 3.63) is 35.9 Å². The lowest BCUT2D eigenvalue weighted by atomic mass is 9.76. The molecular formula is C16H20N2OS. The van der Waals surface area contributed by atoms with Gasteiger partial charge in [-0.2, -0.15) is 0 Å². The van der Waals surface area contributed by atoms with Crippen LogP contribution in [0.4, 0.5) is 0 Å². The van der Waals surface area contributed by atoms with E-state index in [-0.39, 0.29) is 11.4 Å². The van der Waals surface area contributed by atoms with Crippen molar-refractivity contribution in [1.82, 2.24) is 5.32 Å². The van der Waals surface area contributed by atoms with Gasteiger partial charge in [-0.1, -0.05) is 36.4 Å². The first-order chi connectivity index (χ1) is 9.48. The van der Waals surface area contributed by atoms with Crippen molar-refractivity contribution in [2.45, 2.75) is 49.8 Å². The molecule has 1 aliphatic carbocycles. The van der Waals surface area contributed by atoms with Crippen LogP contribution in [0.5, 0.6) is 0 Å². The lowest BCUT2D eigenvalue weighted by Gasteiger charge is -2.48. The van der Waals surface area contributed by atoms with E-state index in [1.165, 1.54) is 19.3 Å². The first-order valence-corrected chi connectivity index (χ1v) is 7.95. The van der Waals surface area contributed by atoms with E-state index in [1.807, 2.05) is 30.3 Å². The highest BCUT2D eigenvalue weighted by molar-refractivity contribution is 8.15. The maximum Gasteiger partial charge on any atom is 0.257 e. The van der Waals surface area contributed by atoms with Gasteiger partial charge in [-0.25, -0.2) is 0 Å². The fourth-order valence-corrected chi connectivity index (χ4v) is 4.79. The highest BCUT2D eigenvalue weighted by Crippen LogP contribution is 2.52. The molecule has 1 heterocycles. The van der Waals surface area contributed by atoms with Crippen LogP contribution in [0, 0.1) is 0 Å². The van der Waals surface area contributed by atoms with Crippen molar-refractivity contribution < 1.29 is 4.79 Å². The van der Waals surface area contributed by atoms with Crippen LogP contribution < -0.4 is 5.32 Å². The van der Waals surface area contributed by atoms with Crippen LogP contribution in [-0.2, 0) is 0 Å². The minimum atomic E-state index is -0.0784. The number of amidine groups is 1. The molecule has 0 atom stereocenters. The zero-order valence-corrected chi connectivity index (χ0v) is 12.8. The summed E-state index contributed by atoms with van der Waals surface area (Å²) in [6.07, 6.45) is 4.88. The molecule has 1 aliphatic heterocycles. The Hall–Kier alpha value is -1.29. The normalized spacial score (nSPS) is 22.8. The lowest BCUT2D eigenvalue weighted by Crippen LogP contribution is -2.47. The second-order valence-electron chi connectivity index (χ2n) is 6.36. The van der Waals surface area contributed by atoms with Crippen LogP contribution in [0.1, 0.15) is 49.9 Å². The Morgan fingerprint density at radius 3 is 2.55 bits per heavy atom. The third-order valence-corrected chi connectivity index (χ3v) is 5.37. The fraction of sp³-hybridized carbons (Fsp3) is 0.500. The topological polar surface area (TPSA) is 41.5 Å². The van der Waals surface area contributed by atoms with Crippen molar-refractivity contribution in [3.63, 3.8) is 0 Å². The first-order valence-electron chi connectivity index (χ1n) is 7.13. The minimum Gasteiger partial charge on any atom is -0.301 e. The molecule has 0 saturated heterocycles. The highest BCUT2D eigenvalue weighted by Gasteiger charge is 2.46. The number of nitrogens with one attached hydrogen (secondary N) is 1. The second-order valence-corrected chi connectivity index (χ2v) is 7.82. The Balaban J connectivity index is 1.76. The van der Waals surface area contributed by atoms with Crippen LogP contribution in [-0.4, -0.2) is 21.4 Å². The molecule has 3 rings (SSSR count). The standard InChI is InChI=1S/C16H20N2OS/c1-15(2)11-16(9-6-10-16)20-14(18-15)17-13(19)12-7-4-3-5-8-12/h3-5,7-8H,6,9-11H2,1-2H3,(H,17,18,19). The summed E-state index contributed by atoms with van der Waals surface area (Å²) in [5.74, 6) is -0.0657. The molecule has 1 spiro atoms. The summed E-state index contributed by atoms with van der Waals surface area (Å²) in [6.45, 7) is 4.31. The minimum absolute atomic E-state index is 0.0657. The molecule has 20 heavy (non-hydrogen) atoms. The zero-order chi connectivity index (χ0) is 14.2. The van der Waals surface area contributed by atoms with Gasteiger partial charge in [-0.05, 0) is 45.2 Å². The van der Waals surface area contributed by atoms with Crippen LogP contribution >= 0.6 is 11.8 Å². The van der Waals surface area contributed by atoms with E-state index in [4.69, 9.17) is 4.99 Å². The van der Waals surface area contributed by atoms with Crippen molar-refractivity contribution in [3.8, 4) is 0 Å². The van der Waals surface area contributed by atoms with Crippen molar-refractivity contribution in [2.75, 3.05) is 0 Å². The summed E-state index contributed by atoms with van der Waals surface area (Å²) in [7, 11) is 0. The Bertz CT molecular complexity index is 547. The van der Waals surface area contributed by atoms with E-state index in [9.17, 15) is 4.79 Å². The van der Waals surface area contributed by atoms with Gasteiger partial charge in [0.2, 0.25) is 0 Å². The molecule has 1 amide bonds. The molecule has 4 heteroatoms. The molecule has 1 N–H and O–H groups in total. The average Bonchev–Trinajstić information content (AvgIpc) is 2.36. The summed E-state index contributed by atoms with van der Waals surface area (Å²) in [5, 5.41) is 3.78. The zero-order valence-electron chi connectivity index (χ0n) is 12.0. The number of nitrogens with zero attached hydrogens (tertiary/aromatic N) is 1. The van der Waals surface area contributed by atoms with Crippen LogP contribution in [0.25, 0.3) is 0 Å². The second kappa shape index (κ2) is 4.92. The Kier molecular flexibility index (Phi) is 3.36. The molecule has 0 radical (unpaired) electrons. The number of thioether (sulfide) groups is 1. The molecule has 2 aliphatic rings. The summed E-state index contributed by atoms with van der Waals surface area (Å²) in [6, 6.07) is 9.32. The van der Waals surface area contributed by atoms with Crippen LogP contribution in [0.15, 0.2) is 35.3 Å². The maximum absolute atomic E-state index is 12.2. The monoisotopic (exact) mass is 288 g/mol. The summed E-state index contributed by atoms with van der Waals surface area (Å²) < 4.78 is 0.310. The van der Waals surface area contributed by atoms with Gasteiger partial charge in [0, 0.05) is 10.3 Å². The van der Waals surface area contributed by atoms with Gasteiger partial charge in [-0.3, -0.25) is 9.79 Å². The number of hydrogen-bond donors (Lipinski definition) is 1. The molecule has 3 nitrogen and oxygen atoms in total. The first kappa shape index (κ1) is 13.7. The van der Waals surface area contributed by atoms with E-state index < -0.39 is 0 Å². The number of carbonyl (C=O) groups is 1. The molecule has 106 valence electrons. The number of amides is 1.